The molecule has 5 rings (SSSR count). The summed E-state index contributed by atoms with van der Waals surface area (Å²) in [7, 11) is 0. The van der Waals surface area contributed by atoms with E-state index in [0.717, 1.165) is 48.3 Å². The molecule has 0 unspecified atom stereocenters. The highest BCUT2D eigenvalue weighted by Crippen LogP contribution is 2.27. The van der Waals surface area contributed by atoms with Gasteiger partial charge in [0.05, 0.1) is 35.5 Å². The van der Waals surface area contributed by atoms with Crippen LogP contribution in [0.25, 0.3) is 22.4 Å². The van der Waals surface area contributed by atoms with Crippen LogP contribution in [0.2, 0.25) is 0 Å². The van der Waals surface area contributed by atoms with Crippen molar-refractivity contribution < 1.29 is 9.21 Å². The Morgan fingerprint density at radius 1 is 1.14 bits per heavy atom. The van der Waals surface area contributed by atoms with Gasteiger partial charge in [0.15, 0.2) is 0 Å². The molecular formula is C20H19N7O2. The lowest BCUT2D eigenvalue weighted by Gasteiger charge is -2.30. The molecule has 9 heteroatoms. The molecule has 0 atom stereocenters. The molecule has 1 aliphatic rings. The van der Waals surface area contributed by atoms with Gasteiger partial charge in [-0.05, 0) is 24.3 Å². The zero-order valence-electron chi connectivity index (χ0n) is 15.6. The van der Waals surface area contributed by atoms with Gasteiger partial charge >= 0.3 is 0 Å². The standard InChI is InChI=1S/C20H19N7O2/c28-19(25-16-11-22-4-3-17(16)27-7-5-21-6-8-27)18-12-23-20(29-18)13-1-2-15-14(9-13)10-24-26-15/h1-4,9-12,21H,5-8H2,(H,24,26)(H,25,28). The van der Waals surface area contributed by atoms with Crippen LogP contribution in [0.4, 0.5) is 11.4 Å². The van der Waals surface area contributed by atoms with Crippen molar-refractivity contribution in [3.63, 3.8) is 0 Å². The van der Waals surface area contributed by atoms with E-state index in [1.807, 2.05) is 24.3 Å². The normalized spacial score (nSPS) is 14.3. The van der Waals surface area contributed by atoms with Crippen LogP contribution < -0.4 is 15.5 Å². The Labute approximate surface area is 166 Å². The number of aromatic nitrogens is 4. The number of fused-ring (bicyclic) bond motifs is 1. The van der Waals surface area contributed by atoms with Gasteiger partial charge in [0.25, 0.3) is 5.91 Å². The van der Waals surface area contributed by atoms with Crippen LogP contribution in [0.1, 0.15) is 10.6 Å². The van der Waals surface area contributed by atoms with Crippen molar-refractivity contribution in [2.24, 2.45) is 0 Å². The van der Waals surface area contributed by atoms with Crippen LogP contribution in [0.5, 0.6) is 0 Å². The lowest BCUT2D eigenvalue weighted by molar-refractivity contribution is 0.0997. The number of hydrogen-bond acceptors (Lipinski definition) is 7. The van der Waals surface area contributed by atoms with Crippen molar-refractivity contribution in [1.82, 2.24) is 25.5 Å². The second kappa shape index (κ2) is 7.36. The van der Waals surface area contributed by atoms with Crippen LogP contribution in [0.3, 0.4) is 0 Å². The molecule has 1 aliphatic heterocycles. The summed E-state index contributed by atoms with van der Waals surface area (Å²) in [6.07, 6.45) is 6.55. The molecule has 1 saturated heterocycles. The highest BCUT2D eigenvalue weighted by atomic mass is 16.4. The van der Waals surface area contributed by atoms with Crippen molar-refractivity contribution in [1.29, 1.82) is 0 Å². The molecule has 9 nitrogen and oxygen atoms in total. The summed E-state index contributed by atoms with van der Waals surface area (Å²) < 4.78 is 5.72. The fraction of sp³-hybridized carbons (Fsp3) is 0.200. The number of nitrogens with one attached hydrogen (secondary N) is 3. The molecule has 4 aromatic rings. The third-order valence-electron chi connectivity index (χ3n) is 4.92. The van der Waals surface area contributed by atoms with E-state index in [-0.39, 0.29) is 11.7 Å². The second-order valence-electron chi connectivity index (χ2n) is 6.79. The molecule has 3 N–H and O–H groups in total. The number of carbonyl (C=O) groups excluding carboxylic acids is 1. The van der Waals surface area contributed by atoms with Gasteiger partial charge in [0.1, 0.15) is 0 Å². The van der Waals surface area contributed by atoms with Crippen LogP contribution >= 0.6 is 0 Å². The molecule has 0 radical (unpaired) electrons. The number of H-pyrrole nitrogens is 1. The summed E-state index contributed by atoms with van der Waals surface area (Å²) in [6, 6.07) is 7.59. The van der Waals surface area contributed by atoms with E-state index in [0.29, 0.717) is 11.6 Å². The number of carbonyl (C=O) groups is 1. The molecule has 0 bridgehead atoms. The van der Waals surface area contributed by atoms with Crippen LogP contribution in [-0.2, 0) is 0 Å². The first-order valence-electron chi connectivity index (χ1n) is 9.38. The fourth-order valence-electron chi connectivity index (χ4n) is 3.44. The number of piperazine rings is 1. The van der Waals surface area contributed by atoms with Gasteiger partial charge in [-0.2, -0.15) is 5.10 Å². The van der Waals surface area contributed by atoms with E-state index >= 15 is 0 Å². The molecule has 3 aromatic heterocycles. The molecule has 0 aliphatic carbocycles. The summed E-state index contributed by atoms with van der Waals surface area (Å²) in [5, 5.41) is 14.1. The minimum atomic E-state index is -0.363. The Bertz CT molecular complexity index is 1160. The molecule has 1 aromatic carbocycles. The van der Waals surface area contributed by atoms with E-state index in [4.69, 9.17) is 4.42 Å². The van der Waals surface area contributed by atoms with Crippen molar-refractivity contribution in [2.75, 3.05) is 36.4 Å². The average Bonchev–Trinajstić information content (AvgIpc) is 3.44. The van der Waals surface area contributed by atoms with Gasteiger partial charge in [0, 0.05) is 43.3 Å². The number of benzene rings is 1. The monoisotopic (exact) mass is 389 g/mol. The quantitative estimate of drug-likeness (QED) is 0.491. The zero-order valence-corrected chi connectivity index (χ0v) is 15.6. The fourth-order valence-corrected chi connectivity index (χ4v) is 3.44. The lowest BCUT2D eigenvalue weighted by atomic mass is 10.1. The Kier molecular flexibility index (Phi) is 4.41. The zero-order chi connectivity index (χ0) is 19.6. The number of aromatic amines is 1. The molecule has 1 fully saturated rings. The van der Waals surface area contributed by atoms with E-state index in [1.165, 1.54) is 6.20 Å². The van der Waals surface area contributed by atoms with Crippen LogP contribution in [-0.4, -0.2) is 52.3 Å². The molecule has 0 saturated carbocycles. The van der Waals surface area contributed by atoms with E-state index < -0.39 is 0 Å². The largest absolute Gasteiger partial charge is 0.431 e. The first-order valence-corrected chi connectivity index (χ1v) is 9.38. The highest BCUT2D eigenvalue weighted by molar-refractivity contribution is 6.04. The third kappa shape index (κ3) is 3.43. The van der Waals surface area contributed by atoms with Crippen molar-refractivity contribution in [3.8, 4) is 11.5 Å². The van der Waals surface area contributed by atoms with Gasteiger partial charge in [-0.15, -0.1) is 0 Å². The summed E-state index contributed by atoms with van der Waals surface area (Å²) >= 11 is 0. The van der Waals surface area contributed by atoms with Crippen LogP contribution in [0.15, 0.2) is 53.5 Å². The average molecular weight is 389 g/mol. The maximum atomic E-state index is 12.7. The van der Waals surface area contributed by atoms with Crippen molar-refractivity contribution in [2.45, 2.75) is 0 Å². The number of rotatable bonds is 4. The summed E-state index contributed by atoms with van der Waals surface area (Å²) in [5.41, 5.74) is 3.30. The first-order chi connectivity index (χ1) is 14.3. The predicted octanol–water partition coefficient (Wildman–Crippen LogP) is 2.27. The number of pyridine rings is 1. The topological polar surface area (TPSA) is 112 Å². The lowest BCUT2D eigenvalue weighted by Crippen LogP contribution is -2.43. The number of oxazole rings is 1. The molecule has 4 heterocycles. The van der Waals surface area contributed by atoms with E-state index in [2.05, 4.69) is 35.7 Å². The van der Waals surface area contributed by atoms with Gasteiger partial charge < -0.3 is 20.0 Å². The molecule has 0 spiro atoms. The van der Waals surface area contributed by atoms with E-state index in [1.54, 1.807) is 18.6 Å². The van der Waals surface area contributed by atoms with Gasteiger partial charge in [0.2, 0.25) is 11.7 Å². The van der Waals surface area contributed by atoms with Gasteiger partial charge in [-0.3, -0.25) is 14.9 Å². The molecule has 29 heavy (non-hydrogen) atoms. The van der Waals surface area contributed by atoms with Crippen molar-refractivity contribution >= 4 is 28.2 Å². The van der Waals surface area contributed by atoms with Gasteiger partial charge in [-0.1, -0.05) is 0 Å². The first kappa shape index (κ1) is 17.4. The van der Waals surface area contributed by atoms with Crippen LogP contribution in [0, 0.1) is 0 Å². The predicted molar refractivity (Wildman–Crippen MR) is 109 cm³/mol. The van der Waals surface area contributed by atoms with Crippen molar-refractivity contribution in [3.05, 3.63) is 54.8 Å². The summed E-state index contributed by atoms with van der Waals surface area (Å²) in [4.78, 5) is 23.4. The Balaban J connectivity index is 1.37. The second-order valence-corrected chi connectivity index (χ2v) is 6.79. The SMILES string of the molecule is O=C(Nc1cnccc1N1CCNCC1)c1cnc(-c2ccc3[nH]ncc3c2)o1. The minimum absolute atomic E-state index is 0.141. The van der Waals surface area contributed by atoms with Gasteiger partial charge in [-0.25, -0.2) is 4.98 Å². The number of nitrogens with zero attached hydrogens (tertiary/aromatic N) is 4. The highest BCUT2D eigenvalue weighted by Gasteiger charge is 2.19. The molecule has 146 valence electrons. The maximum Gasteiger partial charge on any atom is 0.293 e. The Hall–Kier alpha value is -3.72. The third-order valence-corrected chi connectivity index (χ3v) is 4.92. The molecular weight excluding hydrogens is 370 g/mol. The Morgan fingerprint density at radius 3 is 2.93 bits per heavy atom. The number of hydrogen-bond donors (Lipinski definition) is 3. The number of anilines is 2. The number of amides is 1. The smallest absolute Gasteiger partial charge is 0.293 e. The minimum Gasteiger partial charge on any atom is -0.431 e. The van der Waals surface area contributed by atoms with E-state index in [9.17, 15) is 4.79 Å². The maximum absolute atomic E-state index is 12.7. The molecule has 1 amide bonds. The summed E-state index contributed by atoms with van der Waals surface area (Å²) in [6.45, 7) is 3.55. The Morgan fingerprint density at radius 2 is 2.03 bits per heavy atom. The summed E-state index contributed by atoms with van der Waals surface area (Å²) in [5.74, 6) is 0.159.